The minimum absolute atomic E-state index is 0.0650. The van der Waals surface area contributed by atoms with Crippen LogP contribution in [-0.4, -0.2) is 35.3 Å². The van der Waals surface area contributed by atoms with E-state index in [4.69, 9.17) is 10.5 Å². The van der Waals surface area contributed by atoms with E-state index < -0.39 is 11.9 Å². The molecular formula is C16H19F3N4OS. The van der Waals surface area contributed by atoms with Crippen LogP contribution in [0.5, 0.6) is 0 Å². The molecule has 2 aromatic heterocycles. The molecule has 0 aliphatic carbocycles. The lowest BCUT2D eigenvalue weighted by Gasteiger charge is -2.35. The fourth-order valence-electron chi connectivity index (χ4n) is 2.90. The summed E-state index contributed by atoms with van der Waals surface area (Å²) < 4.78 is 44.5. The average Bonchev–Trinajstić information content (AvgIpc) is 2.97. The molecule has 1 aliphatic heterocycles. The van der Waals surface area contributed by atoms with Crippen molar-refractivity contribution in [1.82, 2.24) is 9.97 Å². The smallest absolute Gasteiger partial charge is 0.372 e. The molecule has 1 aliphatic rings. The van der Waals surface area contributed by atoms with E-state index >= 15 is 0 Å². The Morgan fingerprint density at radius 3 is 2.60 bits per heavy atom. The molecule has 1 fully saturated rings. The number of anilines is 1. The molecule has 0 unspecified atom stereocenters. The van der Waals surface area contributed by atoms with E-state index in [1.165, 1.54) is 11.3 Å². The van der Waals surface area contributed by atoms with E-state index in [0.717, 1.165) is 17.4 Å². The molecule has 1 saturated heterocycles. The van der Waals surface area contributed by atoms with Crippen molar-refractivity contribution in [2.75, 3.05) is 18.0 Å². The molecule has 5 nitrogen and oxygen atoms in total. The summed E-state index contributed by atoms with van der Waals surface area (Å²) in [4.78, 5) is 10.7. The lowest BCUT2D eigenvalue weighted by atomic mass is 10.1. The minimum atomic E-state index is -4.48. The summed E-state index contributed by atoms with van der Waals surface area (Å²) in [6.07, 6.45) is -3.19. The van der Waals surface area contributed by atoms with E-state index in [0.29, 0.717) is 29.2 Å². The third kappa shape index (κ3) is 3.94. The monoisotopic (exact) mass is 372 g/mol. The second kappa shape index (κ2) is 6.89. The van der Waals surface area contributed by atoms with Crippen LogP contribution in [0.3, 0.4) is 0 Å². The van der Waals surface area contributed by atoms with Gasteiger partial charge in [0.1, 0.15) is 5.69 Å². The van der Waals surface area contributed by atoms with Gasteiger partial charge in [0.25, 0.3) is 0 Å². The molecule has 3 rings (SSSR count). The fraction of sp³-hybridized carbons (Fsp3) is 0.500. The summed E-state index contributed by atoms with van der Waals surface area (Å²) in [5.74, 6) is 0. The molecule has 9 heteroatoms. The number of pyridine rings is 1. The Bertz CT molecular complexity index is 739. The van der Waals surface area contributed by atoms with Crippen molar-refractivity contribution >= 4 is 16.5 Å². The zero-order valence-corrected chi connectivity index (χ0v) is 14.7. The maximum atomic E-state index is 12.9. The first-order valence-electron chi connectivity index (χ1n) is 7.91. The molecule has 0 bridgehead atoms. The maximum Gasteiger partial charge on any atom is 0.433 e. The Hall–Kier alpha value is -1.71. The van der Waals surface area contributed by atoms with Crippen LogP contribution in [0.15, 0.2) is 18.3 Å². The van der Waals surface area contributed by atoms with E-state index in [1.807, 2.05) is 13.8 Å². The zero-order valence-electron chi connectivity index (χ0n) is 13.9. The fourth-order valence-corrected chi connectivity index (χ4v) is 4.01. The highest BCUT2D eigenvalue weighted by Gasteiger charge is 2.33. The van der Waals surface area contributed by atoms with Gasteiger partial charge in [-0.15, -0.1) is 0 Å². The van der Waals surface area contributed by atoms with Crippen LogP contribution in [0.4, 0.5) is 18.3 Å². The zero-order chi connectivity index (χ0) is 18.2. The standard InChI is InChI=1S/C16H19F3N4OS/c1-9-7-23(8-10(2)24-9)15-22-12(6-20)14(25-15)11-3-4-21-13(5-11)16(17,18)19/h3-5,9-10H,6-8,20H2,1-2H3/t9-,10+. The summed E-state index contributed by atoms with van der Waals surface area (Å²) in [6.45, 7) is 5.50. The largest absolute Gasteiger partial charge is 0.433 e. The normalized spacial score (nSPS) is 21.6. The summed E-state index contributed by atoms with van der Waals surface area (Å²) in [5, 5.41) is 0.753. The topological polar surface area (TPSA) is 64.3 Å². The van der Waals surface area contributed by atoms with Crippen molar-refractivity contribution in [3.05, 3.63) is 29.7 Å². The molecule has 136 valence electrons. The maximum absolute atomic E-state index is 12.9. The van der Waals surface area contributed by atoms with E-state index in [-0.39, 0.29) is 18.8 Å². The Morgan fingerprint density at radius 1 is 1.32 bits per heavy atom. The summed E-state index contributed by atoms with van der Waals surface area (Å²) >= 11 is 1.35. The number of hydrogen-bond donors (Lipinski definition) is 1. The van der Waals surface area contributed by atoms with Crippen molar-refractivity contribution in [1.29, 1.82) is 0 Å². The number of rotatable bonds is 3. The number of nitrogens with two attached hydrogens (primary N) is 1. The molecular weight excluding hydrogens is 353 g/mol. The molecule has 0 aromatic carbocycles. The van der Waals surface area contributed by atoms with Crippen molar-refractivity contribution < 1.29 is 17.9 Å². The van der Waals surface area contributed by atoms with Gasteiger partial charge >= 0.3 is 6.18 Å². The number of morpholine rings is 1. The third-order valence-electron chi connectivity index (χ3n) is 3.88. The highest BCUT2D eigenvalue weighted by Crippen LogP contribution is 2.37. The lowest BCUT2D eigenvalue weighted by molar-refractivity contribution is -0.141. The average molecular weight is 372 g/mol. The summed E-state index contributed by atoms with van der Waals surface area (Å²) in [6, 6.07) is 2.59. The lowest BCUT2D eigenvalue weighted by Crippen LogP contribution is -2.45. The van der Waals surface area contributed by atoms with Crippen LogP contribution in [0, 0.1) is 0 Å². The number of thiazole rings is 1. The van der Waals surface area contributed by atoms with Crippen molar-refractivity contribution in [3.8, 4) is 10.4 Å². The van der Waals surface area contributed by atoms with Crippen LogP contribution in [-0.2, 0) is 17.5 Å². The molecule has 2 aromatic rings. The number of aromatic nitrogens is 2. The summed E-state index contributed by atoms with van der Waals surface area (Å²) in [5.41, 5.74) is 5.87. The van der Waals surface area contributed by atoms with Gasteiger partial charge in [0, 0.05) is 25.8 Å². The van der Waals surface area contributed by atoms with Crippen LogP contribution in [0.25, 0.3) is 10.4 Å². The quantitative estimate of drug-likeness (QED) is 0.896. The predicted molar refractivity (Wildman–Crippen MR) is 90.5 cm³/mol. The van der Waals surface area contributed by atoms with Gasteiger partial charge in [-0.25, -0.2) is 4.98 Å². The minimum Gasteiger partial charge on any atom is -0.372 e. The highest BCUT2D eigenvalue weighted by atomic mass is 32.1. The Morgan fingerprint density at radius 2 is 2.00 bits per heavy atom. The Kier molecular flexibility index (Phi) is 4.99. The van der Waals surface area contributed by atoms with Crippen molar-refractivity contribution in [3.63, 3.8) is 0 Å². The summed E-state index contributed by atoms with van der Waals surface area (Å²) in [7, 11) is 0. The number of nitrogens with zero attached hydrogens (tertiary/aromatic N) is 3. The van der Waals surface area contributed by atoms with Crippen LogP contribution < -0.4 is 10.6 Å². The number of alkyl halides is 3. The Labute approximate surface area is 147 Å². The second-order valence-electron chi connectivity index (χ2n) is 6.07. The van der Waals surface area contributed by atoms with Gasteiger partial charge in [-0.1, -0.05) is 11.3 Å². The second-order valence-corrected chi connectivity index (χ2v) is 7.04. The van der Waals surface area contributed by atoms with Gasteiger partial charge in [-0.05, 0) is 31.5 Å². The first-order valence-corrected chi connectivity index (χ1v) is 8.73. The van der Waals surface area contributed by atoms with Gasteiger partial charge in [0.2, 0.25) is 0 Å². The van der Waals surface area contributed by atoms with Crippen LogP contribution in [0.1, 0.15) is 25.2 Å². The third-order valence-corrected chi connectivity index (χ3v) is 5.09. The highest BCUT2D eigenvalue weighted by molar-refractivity contribution is 7.19. The van der Waals surface area contributed by atoms with E-state index in [2.05, 4.69) is 14.9 Å². The number of ether oxygens (including phenoxy) is 1. The Balaban J connectivity index is 1.96. The van der Waals surface area contributed by atoms with Gasteiger partial charge < -0.3 is 15.4 Å². The molecule has 2 N–H and O–H groups in total. The van der Waals surface area contributed by atoms with Gasteiger partial charge in [0.15, 0.2) is 5.13 Å². The molecule has 0 spiro atoms. The molecule has 2 atom stereocenters. The van der Waals surface area contributed by atoms with Gasteiger partial charge in [-0.2, -0.15) is 13.2 Å². The predicted octanol–water partition coefficient (Wildman–Crippen LogP) is 3.30. The molecule has 3 heterocycles. The molecule has 0 radical (unpaired) electrons. The van der Waals surface area contributed by atoms with Crippen LogP contribution in [0.2, 0.25) is 0 Å². The number of hydrogen-bond acceptors (Lipinski definition) is 6. The van der Waals surface area contributed by atoms with Crippen LogP contribution >= 0.6 is 11.3 Å². The molecule has 25 heavy (non-hydrogen) atoms. The molecule has 0 amide bonds. The first-order chi connectivity index (χ1) is 11.8. The van der Waals surface area contributed by atoms with Gasteiger partial charge in [0.05, 0.1) is 22.8 Å². The van der Waals surface area contributed by atoms with Crippen molar-refractivity contribution in [2.24, 2.45) is 5.73 Å². The number of halogens is 3. The van der Waals surface area contributed by atoms with Crippen molar-refractivity contribution in [2.45, 2.75) is 38.8 Å². The van der Waals surface area contributed by atoms with E-state index in [1.54, 1.807) is 6.07 Å². The first kappa shape index (κ1) is 18.1. The molecule has 0 saturated carbocycles. The van der Waals surface area contributed by atoms with E-state index in [9.17, 15) is 13.2 Å². The SMILES string of the molecule is C[C@@H]1CN(c2nc(CN)c(-c3ccnc(C(F)(F)F)c3)s2)C[C@H](C)O1. The van der Waals surface area contributed by atoms with Gasteiger partial charge in [-0.3, -0.25) is 4.98 Å².